The van der Waals surface area contributed by atoms with E-state index in [-0.39, 0.29) is 18.9 Å². The van der Waals surface area contributed by atoms with Crippen LogP contribution in [0.1, 0.15) is 18.2 Å². The maximum Gasteiger partial charge on any atom is 1.00 e. The summed E-state index contributed by atoms with van der Waals surface area (Å²) in [5, 5.41) is 2.00. The summed E-state index contributed by atoms with van der Waals surface area (Å²) in [6.07, 6.45) is 0.837. The van der Waals surface area contributed by atoms with Gasteiger partial charge in [0.15, 0.2) is 0 Å². The maximum atomic E-state index is 6.83. The molecule has 0 aliphatic rings. The fourth-order valence-electron chi connectivity index (χ4n) is 0.751. The Kier molecular flexibility index (Phi) is 5.16. The van der Waals surface area contributed by atoms with Gasteiger partial charge >= 0.3 is 18.9 Å². The van der Waals surface area contributed by atoms with Crippen molar-refractivity contribution in [2.45, 2.75) is 13.3 Å². The van der Waals surface area contributed by atoms with Gasteiger partial charge in [0.05, 0.1) is 0 Å². The molecule has 1 heterocycles. The van der Waals surface area contributed by atoms with Crippen LogP contribution in [0.4, 0.5) is 0 Å². The van der Waals surface area contributed by atoms with Crippen molar-refractivity contribution >= 4 is 11.3 Å². The Morgan fingerprint density at radius 2 is 2.45 bits per heavy atom. The summed E-state index contributed by atoms with van der Waals surface area (Å²) in [7, 11) is 0. The Morgan fingerprint density at radius 3 is 2.82 bits per heavy atom. The zero-order valence-electron chi connectivity index (χ0n) is 6.79. The molecule has 0 atom stereocenters. The molecule has 52 valence electrons. The first-order valence-corrected chi connectivity index (χ1v) is 4.03. The molecule has 0 unspecified atom stereocenters. The molecule has 1 nitrogen and oxygen atoms in total. The van der Waals surface area contributed by atoms with Crippen LogP contribution in [0.25, 0.3) is 4.85 Å². The zero-order valence-corrected chi connectivity index (χ0v) is 7.61. The third-order valence-corrected chi connectivity index (χ3v) is 2.19. The average molecular weight is 157 g/mol. The molecule has 0 spiro atoms. The molecule has 0 fully saturated rings. The second kappa shape index (κ2) is 5.33. The van der Waals surface area contributed by atoms with Crippen LogP contribution >= 0.6 is 11.3 Å². The summed E-state index contributed by atoms with van der Waals surface area (Å²) in [6.45, 7) is 8.84. The molecule has 0 aliphatic carbocycles. The van der Waals surface area contributed by atoms with E-state index in [0.29, 0.717) is 0 Å². The van der Waals surface area contributed by atoms with Crippen molar-refractivity contribution in [3.63, 3.8) is 0 Å². The van der Waals surface area contributed by atoms with E-state index < -0.39 is 0 Å². The average Bonchev–Trinajstić information content (AvgIpc) is 2.43. The molecule has 1 aromatic heterocycles. The summed E-state index contributed by atoms with van der Waals surface area (Å²) in [5.41, 5.74) is 0. The predicted octanol–water partition coefficient (Wildman–Crippen LogP) is -0.0385. The monoisotopic (exact) mass is 157 g/mol. The van der Waals surface area contributed by atoms with Gasteiger partial charge in [-0.1, -0.05) is 30.4 Å². The quantitative estimate of drug-likeness (QED) is 0.419. The van der Waals surface area contributed by atoms with E-state index in [0.717, 1.165) is 17.3 Å². The van der Waals surface area contributed by atoms with Crippen LogP contribution in [0, 0.1) is 12.6 Å². The smallest absolute Gasteiger partial charge is 0.453 e. The van der Waals surface area contributed by atoms with Crippen molar-refractivity contribution in [1.29, 1.82) is 0 Å². The van der Waals surface area contributed by atoms with Gasteiger partial charge in [-0.25, -0.2) is 0 Å². The summed E-state index contributed by atoms with van der Waals surface area (Å²) < 4.78 is 0. The van der Waals surface area contributed by atoms with Crippen LogP contribution < -0.4 is 18.9 Å². The fraction of sp³-hybridized carbons (Fsp3) is 0.250. The van der Waals surface area contributed by atoms with Crippen molar-refractivity contribution < 1.29 is 18.9 Å². The van der Waals surface area contributed by atoms with Crippen LogP contribution in [0.15, 0.2) is 17.5 Å². The molecule has 1 rings (SSSR count). The first-order chi connectivity index (χ1) is 4.88. The van der Waals surface area contributed by atoms with Gasteiger partial charge in [0.2, 0.25) is 0 Å². The predicted molar refractivity (Wildman–Crippen MR) is 43.6 cm³/mol. The van der Waals surface area contributed by atoms with Crippen molar-refractivity contribution in [1.82, 2.24) is 0 Å². The van der Waals surface area contributed by atoms with E-state index in [1.165, 1.54) is 0 Å². The van der Waals surface area contributed by atoms with Gasteiger partial charge in [-0.05, 0) is 5.38 Å². The topological polar surface area (TPSA) is 4.36 Å². The summed E-state index contributed by atoms with van der Waals surface area (Å²) in [6, 6.07) is 4.83. The Hall–Kier alpha value is -0.343. The molecule has 0 amide bonds. The Labute approximate surface area is 83.4 Å². The van der Waals surface area contributed by atoms with Crippen LogP contribution in [0.5, 0.6) is 0 Å². The maximum absolute atomic E-state index is 6.83. The number of hydrogen-bond donors (Lipinski definition) is 0. The first-order valence-electron chi connectivity index (χ1n) is 3.15. The minimum atomic E-state index is 0. The largest absolute Gasteiger partial charge is 1.00 e. The van der Waals surface area contributed by atoms with Crippen molar-refractivity contribution in [2.24, 2.45) is 0 Å². The molecular weight excluding hydrogens is 149 g/mol. The molecule has 0 saturated heterocycles. The van der Waals surface area contributed by atoms with Gasteiger partial charge in [-0.2, -0.15) is 11.3 Å². The van der Waals surface area contributed by atoms with E-state index in [9.17, 15) is 0 Å². The van der Waals surface area contributed by atoms with Crippen molar-refractivity contribution in [3.05, 3.63) is 39.8 Å². The molecule has 0 aromatic carbocycles. The molecule has 3 heteroatoms. The molecule has 0 aliphatic heterocycles. The molecule has 0 saturated carbocycles. The number of rotatable bonds is 2. The minimum absolute atomic E-state index is 0. The summed E-state index contributed by atoms with van der Waals surface area (Å²) in [5.74, 6) is 0. The van der Waals surface area contributed by atoms with Gasteiger partial charge in [0, 0.05) is 6.04 Å². The van der Waals surface area contributed by atoms with Gasteiger partial charge in [0.1, 0.15) is 0 Å². The SMILES string of the molecule is [C-]#[N+][C-](CC)c1cccs1.[Li+]. The van der Waals surface area contributed by atoms with Gasteiger partial charge in [-0.15, -0.1) is 0 Å². The number of nitrogens with zero attached hydrogens (tertiary/aromatic N) is 1. The number of thiophene rings is 1. The second-order valence-electron chi connectivity index (χ2n) is 1.89. The van der Waals surface area contributed by atoms with Gasteiger partial charge in [-0.3, -0.25) is 6.57 Å². The van der Waals surface area contributed by atoms with E-state index in [2.05, 4.69) is 4.85 Å². The van der Waals surface area contributed by atoms with Crippen LogP contribution in [-0.4, -0.2) is 0 Å². The van der Waals surface area contributed by atoms with E-state index in [1.807, 2.05) is 24.4 Å². The standard InChI is InChI=1S/C8H8NS.Li/c1-3-7(9-2)8-5-4-6-10-8;/h4-6H,3H2,1H3;/q-1;+1. The van der Waals surface area contributed by atoms with Crippen LogP contribution in [0.3, 0.4) is 0 Å². The summed E-state index contributed by atoms with van der Waals surface area (Å²) >= 11 is 1.63. The molecule has 0 bridgehead atoms. The molecule has 0 N–H and O–H groups in total. The first kappa shape index (κ1) is 10.7. The van der Waals surface area contributed by atoms with Gasteiger partial charge < -0.3 is 4.85 Å². The van der Waals surface area contributed by atoms with Crippen LogP contribution in [-0.2, 0) is 0 Å². The second-order valence-corrected chi connectivity index (χ2v) is 2.84. The zero-order chi connectivity index (χ0) is 7.40. The van der Waals surface area contributed by atoms with Gasteiger partial charge in [0.25, 0.3) is 0 Å². The summed E-state index contributed by atoms with van der Waals surface area (Å²) in [4.78, 5) is 4.53. The van der Waals surface area contributed by atoms with E-state index in [1.54, 1.807) is 11.3 Å². The Bertz CT molecular complexity index is 225. The third kappa shape index (κ3) is 2.64. The number of hydrogen-bond acceptors (Lipinski definition) is 1. The Morgan fingerprint density at radius 1 is 1.73 bits per heavy atom. The molecule has 1 aromatic rings. The molecule has 0 radical (unpaired) electrons. The normalized spacial score (nSPS) is 8.00. The molecular formula is C8H8LiNS. The fourth-order valence-corrected chi connectivity index (χ4v) is 1.54. The van der Waals surface area contributed by atoms with Crippen molar-refractivity contribution in [3.8, 4) is 0 Å². The van der Waals surface area contributed by atoms with E-state index >= 15 is 0 Å². The van der Waals surface area contributed by atoms with E-state index in [4.69, 9.17) is 6.57 Å². The Balaban J connectivity index is 0.000001000. The third-order valence-electron chi connectivity index (χ3n) is 1.28. The minimum Gasteiger partial charge on any atom is -0.453 e. The van der Waals surface area contributed by atoms with Crippen LogP contribution in [0.2, 0.25) is 0 Å². The van der Waals surface area contributed by atoms with Crippen molar-refractivity contribution in [2.75, 3.05) is 0 Å². The molecule has 11 heavy (non-hydrogen) atoms.